The number of likely N-dealkylation sites (N-methyl/N-ethyl adjacent to an activating group) is 1. The summed E-state index contributed by atoms with van der Waals surface area (Å²) in [6.45, 7) is 2.61. The van der Waals surface area contributed by atoms with E-state index in [2.05, 4.69) is 41.4 Å². The molecule has 2 aromatic carbocycles. The third-order valence-corrected chi connectivity index (χ3v) is 3.69. The number of benzene rings is 2. The van der Waals surface area contributed by atoms with Crippen LogP contribution < -0.4 is 11.1 Å². The second kappa shape index (κ2) is 10.2. The van der Waals surface area contributed by atoms with Crippen LogP contribution in [0.2, 0.25) is 0 Å². The summed E-state index contributed by atoms with van der Waals surface area (Å²) in [5.41, 5.74) is 9.31. The van der Waals surface area contributed by atoms with Crippen LogP contribution in [-0.4, -0.2) is 31.4 Å². The highest BCUT2D eigenvalue weighted by Crippen LogP contribution is 2.18. The topological polar surface area (TPSA) is 58.4 Å². The maximum atomic E-state index is 12.2. The van der Waals surface area contributed by atoms with Gasteiger partial charge in [-0.15, -0.1) is 24.8 Å². The molecule has 1 amide bonds. The van der Waals surface area contributed by atoms with Crippen LogP contribution in [0.5, 0.6) is 0 Å². The summed E-state index contributed by atoms with van der Waals surface area (Å²) in [6, 6.07) is 15.5. The highest BCUT2D eigenvalue weighted by atomic mass is 35.5. The molecule has 0 aliphatic rings. The first-order chi connectivity index (χ1) is 10.5. The van der Waals surface area contributed by atoms with Crippen molar-refractivity contribution in [2.75, 3.05) is 26.4 Å². The van der Waals surface area contributed by atoms with Gasteiger partial charge in [0.05, 0.1) is 6.04 Å². The van der Waals surface area contributed by atoms with Gasteiger partial charge < -0.3 is 16.0 Å². The van der Waals surface area contributed by atoms with Gasteiger partial charge in [-0.3, -0.25) is 4.79 Å². The Kier molecular flexibility index (Phi) is 9.44. The number of carbonyl (C=O) groups excluding carboxylic acids is 1. The third-order valence-electron chi connectivity index (χ3n) is 3.69. The van der Waals surface area contributed by atoms with E-state index in [0.717, 1.165) is 0 Å². The Morgan fingerprint density at radius 1 is 1.12 bits per heavy atom. The van der Waals surface area contributed by atoms with Gasteiger partial charge in [-0.05, 0) is 44.8 Å². The van der Waals surface area contributed by atoms with Gasteiger partial charge in [-0.25, -0.2) is 0 Å². The molecule has 1 unspecified atom stereocenters. The van der Waals surface area contributed by atoms with E-state index in [0.29, 0.717) is 17.8 Å². The second-order valence-corrected chi connectivity index (χ2v) is 5.73. The van der Waals surface area contributed by atoms with E-state index in [1.807, 2.05) is 14.1 Å². The minimum absolute atomic E-state index is 0. The Morgan fingerprint density at radius 2 is 1.75 bits per heavy atom. The number of rotatable bonds is 5. The molecule has 24 heavy (non-hydrogen) atoms. The van der Waals surface area contributed by atoms with Crippen LogP contribution in [0, 0.1) is 6.92 Å². The first-order valence-corrected chi connectivity index (χ1v) is 7.34. The summed E-state index contributed by atoms with van der Waals surface area (Å²) >= 11 is 0. The zero-order chi connectivity index (χ0) is 16.1. The van der Waals surface area contributed by atoms with Crippen molar-refractivity contribution in [2.45, 2.75) is 13.0 Å². The molecule has 0 aliphatic heterocycles. The zero-order valence-electron chi connectivity index (χ0n) is 14.2. The Balaban J connectivity index is 0.00000264. The lowest BCUT2D eigenvalue weighted by atomic mass is 10.0. The van der Waals surface area contributed by atoms with Crippen molar-refractivity contribution in [2.24, 2.45) is 0 Å². The number of nitrogens with zero attached hydrogens (tertiary/aromatic N) is 1. The number of anilines is 1. The quantitative estimate of drug-likeness (QED) is 0.793. The summed E-state index contributed by atoms with van der Waals surface area (Å²) in [5, 5.41) is 2.98. The predicted octanol–water partition coefficient (Wildman–Crippen LogP) is 3.45. The Hall–Kier alpha value is -1.75. The standard InChI is InChI=1S/C18H23N3O.2ClH/c1-13-7-9-14(10-8-13)17(21(2)3)12-20-18(22)15-5-4-6-16(19)11-15;;/h4-11,17H,12,19H2,1-3H3,(H,20,22);2*1H. The van der Waals surface area contributed by atoms with E-state index in [1.54, 1.807) is 24.3 Å². The summed E-state index contributed by atoms with van der Waals surface area (Å²) in [6.07, 6.45) is 0. The van der Waals surface area contributed by atoms with Gasteiger partial charge in [0, 0.05) is 17.8 Å². The molecule has 0 bridgehead atoms. The van der Waals surface area contributed by atoms with Crippen LogP contribution >= 0.6 is 24.8 Å². The first-order valence-electron chi connectivity index (χ1n) is 7.34. The zero-order valence-corrected chi connectivity index (χ0v) is 15.8. The highest BCUT2D eigenvalue weighted by molar-refractivity contribution is 5.95. The van der Waals surface area contributed by atoms with Gasteiger partial charge in [0.15, 0.2) is 0 Å². The number of halogens is 2. The number of hydrogen-bond acceptors (Lipinski definition) is 3. The van der Waals surface area contributed by atoms with Crippen molar-refractivity contribution >= 4 is 36.4 Å². The SMILES string of the molecule is Cc1ccc(C(CNC(=O)c2cccc(N)c2)N(C)C)cc1.Cl.Cl. The maximum Gasteiger partial charge on any atom is 0.251 e. The number of hydrogen-bond donors (Lipinski definition) is 2. The molecule has 0 heterocycles. The molecule has 1 atom stereocenters. The molecular formula is C18H25Cl2N3O. The summed E-state index contributed by atoms with van der Waals surface area (Å²) in [4.78, 5) is 14.3. The normalized spacial score (nSPS) is 11.2. The average molecular weight is 370 g/mol. The van der Waals surface area contributed by atoms with Crippen LogP contribution in [0.1, 0.15) is 27.5 Å². The average Bonchev–Trinajstić information content (AvgIpc) is 2.48. The molecule has 3 N–H and O–H groups in total. The molecule has 2 rings (SSSR count). The number of nitrogens with two attached hydrogens (primary N) is 1. The minimum Gasteiger partial charge on any atom is -0.399 e. The van der Waals surface area contributed by atoms with E-state index in [1.165, 1.54) is 11.1 Å². The molecule has 0 saturated heterocycles. The Morgan fingerprint density at radius 3 is 2.29 bits per heavy atom. The van der Waals surface area contributed by atoms with Crippen molar-refractivity contribution in [1.82, 2.24) is 10.2 Å². The molecule has 0 fully saturated rings. The maximum absolute atomic E-state index is 12.2. The predicted molar refractivity (Wildman–Crippen MR) is 105 cm³/mol. The monoisotopic (exact) mass is 369 g/mol. The van der Waals surface area contributed by atoms with Crippen molar-refractivity contribution < 1.29 is 4.79 Å². The lowest BCUT2D eigenvalue weighted by Crippen LogP contribution is -2.34. The number of amides is 1. The van der Waals surface area contributed by atoms with E-state index in [-0.39, 0.29) is 36.8 Å². The van der Waals surface area contributed by atoms with Gasteiger partial charge in [0.25, 0.3) is 5.91 Å². The summed E-state index contributed by atoms with van der Waals surface area (Å²) < 4.78 is 0. The van der Waals surface area contributed by atoms with Crippen molar-refractivity contribution in [1.29, 1.82) is 0 Å². The van der Waals surface area contributed by atoms with Crippen molar-refractivity contribution in [3.8, 4) is 0 Å². The lowest BCUT2D eigenvalue weighted by molar-refractivity contribution is 0.0942. The number of aryl methyl sites for hydroxylation is 1. The van der Waals surface area contributed by atoms with E-state index in [9.17, 15) is 4.79 Å². The Labute approximate surface area is 156 Å². The van der Waals surface area contributed by atoms with Crippen molar-refractivity contribution in [3.05, 3.63) is 65.2 Å². The van der Waals surface area contributed by atoms with Gasteiger partial charge in [0.2, 0.25) is 0 Å². The molecule has 132 valence electrons. The highest BCUT2D eigenvalue weighted by Gasteiger charge is 2.15. The van der Waals surface area contributed by atoms with Gasteiger partial charge in [0.1, 0.15) is 0 Å². The van der Waals surface area contributed by atoms with Crippen molar-refractivity contribution in [3.63, 3.8) is 0 Å². The molecular weight excluding hydrogens is 345 g/mol. The fraction of sp³-hybridized carbons (Fsp3) is 0.278. The van der Waals surface area contributed by atoms with Crippen LogP contribution in [-0.2, 0) is 0 Å². The smallest absolute Gasteiger partial charge is 0.251 e. The molecule has 6 heteroatoms. The molecule has 0 saturated carbocycles. The minimum atomic E-state index is -0.105. The molecule has 0 aromatic heterocycles. The summed E-state index contributed by atoms with van der Waals surface area (Å²) in [5.74, 6) is -0.105. The first kappa shape index (κ1) is 22.2. The van der Waals surface area contributed by atoms with Crippen LogP contribution in [0.3, 0.4) is 0 Å². The molecule has 0 spiro atoms. The molecule has 0 aliphatic carbocycles. The summed E-state index contributed by atoms with van der Waals surface area (Å²) in [7, 11) is 4.02. The Bertz CT molecular complexity index is 645. The van der Waals surface area contributed by atoms with Crippen LogP contribution in [0.25, 0.3) is 0 Å². The fourth-order valence-electron chi connectivity index (χ4n) is 2.36. The lowest BCUT2D eigenvalue weighted by Gasteiger charge is -2.25. The fourth-order valence-corrected chi connectivity index (χ4v) is 2.36. The molecule has 4 nitrogen and oxygen atoms in total. The second-order valence-electron chi connectivity index (χ2n) is 5.73. The molecule has 2 aromatic rings. The molecule has 0 radical (unpaired) electrons. The van der Waals surface area contributed by atoms with Gasteiger partial charge in [-0.1, -0.05) is 35.9 Å². The number of nitrogens with one attached hydrogen (secondary N) is 1. The van der Waals surface area contributed by atoms with Gasteiger partial charge in [-0.2, -0.15) is 0 Å². The van der Waals surface area contributed by atoms with E-state index >= 15 is 0 Å². The van der Waals surface area contributed by atoms with E-state index < -0.39 is 0 Å². The third kappa shape index (κ3) is 6.04. The largest absolute Gasteiger partial charge is 0.399 e. The van der Waals surface area contributed by atoms with Gasteiger partial charge >= 0.3 is 0 Å². The van der Waals surface area contributed by atoms with Crippen LogP contribution in [0.4, 0.5) is 5.69 Å². The van der Waals surface area contributed by atoms with Crippen LogP contribution in [0.15, 0.2) is 48.5 Å². The van der Waals surface area contributed by atoms with E-state index in [4.69, 9.17) is 5.73 Å². The number of nitrogen functional groups attached to an aromatic ring is 1. The number of carbonyl (C=O) groups is 1.